The number of benzene rings is 1. The molecule has 2 nitrogen and oxygen atoms in total. The lowest BCUT2D eigenvalue weighted by Gasteiger charge is -2.42. The van der Waals surface area contributed by atoms with E-state index in [1.807, 2.05) is 24.3 Å². The Kier molecular flexibility index (Phi) is 3.43. The average Bonchev–Trinajstić information content (AvgIpc) is 2.94. The van der Waals surface area contributed by atoms with Gasteiger partial charge in [-0.15, -0.1) is 11.3 Å². The largest absolute Gasteiger partial charge is 0.348 e. The smallest absolute Gasteiger partial charge is 0.261 e. The molecule has 3 fully saturated rings. The second-order valence-corrected chi connectivity index (χ2v) is 7.82. The molecule has 4 heteroatoms. The summed E-state index contributed by atoms with van der Waals surface area (Å²) >= 11 is 7.69. The first-order valence-electron chi connectivity index (χ1n) is 7.69. The Balaban J connectivity index is 1.55. The van der Waals surface area contributed by atoms with Crippen molar-refractivity contribution in [3.05, 3.63) is 34.2 Å². The van der Waals surface area contributed by atoms with E-state index >= 15 is 0 Å². The lowest BCUT2D eigenvalue weighted by Crippen LogP contribution is -2.46. The first-order chi connectivity index (χ1) is 10.2. The molecule has 1 aromatic carbocycles. The molecular formula is C17H18ClNOS. The fourth-order valence-electron chi connectivity index (χ4n) is 3.93. The van der Waals surface area contributed by atoms with E-state index in [2.05, 4.69) is 5.32 Å². The molecule has 1 N–H and O–H groups in total. The second kappa shape index (κ2) is 5.29. The zero-order chi connectivity index (χ0) is 14.4. The molecule has 2 bridgehead atoms. The Morgan fingerprint density at radius 2 is 2.05 bits per heavy atom. The van der Waals surface area contributed by atoms with E-state index in [0.29, 0.717) is 12.0 Å². The van der Waals surface area contributed by atoms with Gasteiger partial charge in [0.15, 0.2) is 0 Å². The van der Waals surface area contributed by atoms with E-state index in [1.165, 1.54) is 43.4 Å². The molecule has 2 aromatic rings. The Hall–Kier alpha value is -1.06. The van der Waals surface area contributed by atoms with E-state index < -0.39 is 0 Å². The first kappa shape index (κ1) is 13.6. The molecule has 1 amide bonds. The molecule has 110 valence electrons. The van der Waals surface area contributed by atoms with Crippen LogP contribution in [0.3, 0.4) is 0 Å². The highest BCUT2D eigenvalue weighted by Gasteiger charge is 2.36. The van der Waals surface area contributed by atoms with Crippen molar-refractivity contribution in [3.8, 4) is 0 Å². The summed E-state index contributed by atoms with van der Waals surface area (Å²) in [4.78, 5) is 13.3. The van der Waals surface area contributed by atoms with Crippen LogP contribution in [-0.4, -0.2) is 11.9 Å². The van der Waals surface area contributed by atoms with E-state index in [9.17, 15) is 4.79 Å². The van der Waals surface area contributed by atoms with Gasteiger partial charge >= 0.3 is 0 Å². The molecule has 1 heterocycles. The number of hydrogen-bond donors (Lipinski definition) is 1. The summed E-state index contributed by atoms with van der Waals surface area (Å²) in [6.45, 7) is 0. The average molecular weight is 320 g/mol. The topological polar surface area (TPSA) is 29.1 Å². The standard InChI is InChI=1S/C17H18ClNOS/c18-13-3-1-2-12-9-15(21-16(12)13)17(20)19-14-8-10-4-6-11(14)7-5-10/h1-3,9-11,14H,4-8H2,(H,19,20). The van der Waals surface area contributed by atoms with Gasteiger partial charge in [-0.1, -0.05) is 36.6 Å². The van der Waals surface area contributed by atoms with Crippen molar-refractivity contribution < 1.29 is 4.79 Å². The van der Waals surface area contributed by atoms with Crippen LogP contribution in [0, 0.1) is 11.8 Å². The van der Waals surface area contributed by atoms with E-state index in [-0.39, 0.29) is 5.91 Å². The minimum absolute atomic E-state index is 0.0739. The summed E-state index contributed by atoms with van der Waals surface area (Å²) in [7, 11) is 0. The lowest BCUT2D eigenvalue weighted by molar-refractivity contribution is 0.0814. The first-order valence-corrected chi connectivity index (χ1v) is 8.89. The number of carbonyl (C=O) groups is 1. The van der Waals surface area contributed by atoms with Gasteiger partial charge in [-0.05, 0) is 48.6 Å². The predicted molar refractivity (Wildman–Crippen MR) is 88.2 cm³/mol. The lowest BCUT2D eigenvalue weighted by atomic mass is 9.68. The van der Waals surface area contributed by atoms with Crippen LogP contribution in [0.5, 0.6) is 0 Å². The van der Waals surface area contributed by atoms with Crippen LogP contribution in [0.1, 0.15) is 41.8 Å². The highest BCUT2D eigenvalue weighted by atomic mass is 35.5. The Labute approximate surface area is 133 Å². The van der Waals surface area contributed by atoms with Crippen molar-refractivity contribution >= 4 is 38.9 Å². The molecule has 3 aliphatic rings. The van der Waals surface area contributed by atoms with E-state index in [4.69, 9.17) is 11.6 Å². The summed E-state index contributed by atoms with van der Waals surface area (Å²) in [5, 5.41) is 5.06. The van der Waals surface area contributed by atoms with E-state index in [0.717, 1.165) is 25.9 Å². The number of nitrogens with one attached hydrogen (secondary N) is 1. The molecule has 5 rings (SSSR count). The maximum absolute atomic E-state index is 12.5. The van der Waals surface area contributed by atoms with Crippen molar-refractivity contribution in [2.75, 3.05) is 0 Å². The van der Waals surface area contributed by atoms with Crippen molar-refractivity contribution in [2.45, 2.75) is 38.1 Å². The predicted octanol–water partition coefficient (Wildman–Crippen LogP) is 4.86. The number of amides is 1. The van der Waals surface area contributed by atoms with Gasteiger partial charge in [-0.25, -0.2) is 0 Å². The molecule has 21 heavy (non-hydrogen) atoms. The summed E-state index contributed by atoms with van der Waals surface area (Å²) < 4.78 is 1.01. The summed E-state index contributed by atoms with van der Waals surface area (Å²) in [5.74, 6) is 1.60. The third kappa shape index (κ3) is 2.47. The fourth-order valence-corrected chi connectivity index (χ4v) is 5.20. The molecule has 0 aliphatic heterocycles. The van der Waals surface area contributed by atoms with Gasteiger partial charge in [0, 0.05) is 6.04 Å². The van der Waals surface area contributed by atoms with Crippen LogP contribution in [0.2, 0.25) is 5.02 Å². The maximum Gasteiger partial charge on any atom is 0.261 e. The van der Waals surface area contributed by atoms with E-state index in [1.54, 1.807) is 0 Å². The molecule has 0 saturated heterocycles. The third-order valence-corrected chi connectivity index (χ3v) is 6.69. The number of halogens is 1. The maximum atomic E-state index is 12.5. The zero-order valence-corrected chi connectivity index (χ0v) is 13.3. The SMILES string of the molecule is O=C(NC1CC2CCC1CC2)c1cc2cccc(Cl)c2s1. The Bertz CT molecular complexity index is 687. The van der Waals surface area contributed by atoms with Gasteiger partial charge in [0.05, 0.1) is 14.6 Å². The van der Waals surface area contributed by atoms with Crippen molar-refractivity contribution in [3.63, 3.8) is 0 Å². The van der Waals surface area contributed by atoms with Gasteiger partial charge in [0.1, 0.15) is 0 Å². The van der Waals surface area contributed by atoms with Crippen LogP contribution >= 0.6 is 22.9 Å². The molecule has 1 aromatic heterocycles. The number of thiophene rings is 1. The van der Waals surface area contributed by atoms with Crippen LogP contribution in [-0.2, 0) is 0 Å². The molecular weight excluding hydrogens is 302 g/mol. The fraction of sp³-hybridized carbons (Fsp3) is 0.471. The van der Waals surface area contributed by atoms with Gasteiger partial charge in [0.2, 0.25) is 0 Å². The van der Waals surface area contributed by atoms with Crippen LogP contribution in [0.15, 0.2) is 24.3 Å². The highest BCUT2D eigenvalue weighted by Crippen LogP contribution is 2.41. The quantitative estimate of drug-likeness (QED) is 0.841. The summed E-state index contributed by atoms with van der Waals surface area (Å²) in [6, 6.07) is 8.16. The van der Waals surface area contributed by atoms with Crippen molar-refractivity contribution in [1.29, 1.82) is 0 Å². The van der Waals surface area contributed by atoms with Gasteiger partial charge in [-0.3, -0.25) is 4.79 Å². The zero-order valence-electron chi connectivity index (χ0n) is 11.8. The van der Waals surface area contributed by atoms with Crippen molar-refractivity contribution in [1.82, 2.24) is 5.32 Å². The Morgan fingerprint density at radius 3 is 2.71 bits per heavy atom. The van der Waals surface area contributed by atoms with Crippen LogP contribution in [0.25, 0.3) is 10.1 Å². The second-order valence-electron chi connectivity index (χ2n) is 6.37. The minimum Gasteiger partial charge on any atom is -0.348 e. The normalized spacial score (nSPS) is 28.0. The van der Waals surface area contributed by atoms with Gasteiger partial charge in [-0.2, -0.15) is 0 Å². The minimum atomic E-state index is 0.0739. The van der Waals surface area contributed by atoms with Crippen LogP contribution < -0.4 is 5.32 Å². The molecule has 0 spiro atoms. The van der Waals surface area contributed by atoms with Gasteiger partial charge in [0.25, 0.3) is 5.91 Å². The number of carbonyl (C=O) groups excluding carboxylic acids is 1. The monoisotopic (exact) mass is 319 g/mol. The molecule has 3 aliphatic carbocycles. The molecule has 3 saturated carbocycles. The van der Waals surface area contributed by atoms with Crippen LogP contribution in [0.4, 0.5) is 0 Å². The van der Waals surface area contributed by atoms with Gasteiger partial charge < -0.3 is 5.32 Å². The highest BCUT2D eigenvalue weighted by molar-refractivity contribution is 7.21. The number of rotatable bonds is 2. The number of fused-ring (bicyclic) bond motifs is 4. The third-order valence-electron chi connectivity index (χ3n) is 5.08. The molecule has 1 atom stereocenters. The summed E-state index contributed by atoms with van der Waals surface area (Å²) in [6.07, 6.45) is 6.45. The molecule has 0 radical (unpaired) electrons. The molecule has 1 unspecified atom stereocenters. The summed E-state index contributed by atoms with van der Waals surface area (Å²) in [5.41, 5.74) is 0. The number of hydrogen-bond acceptors (Lipinski definition) is 2. The Morgan fingerprint density at radius 1 is 1.24 bits per heavy atom. The van der Waals surface area contributed by atoms with Crippen molar-refractivity contribution in [2.24, 2.45) is 11.8 Å².